The summed E-state index contributed by atoms with van der Waals surface area (Å²) in [5.41, 5.74) is 0. The fraction of sp³-hybridized carbons (Fsp3) is 0.929. The summed E-state index contributed by atoms with van der Waals surface area (Å²) in [7, 11) is 0. The Morgan fingerprint density at radius 1 is 0.327 bits per heavy atom. The van der Waals surface area contributed by atoms with E-state index < -0.39 is 136 Å². The maximum atomic E-state index is 14.1. The van der Waals surface area contributed by atoms with Crippen molar-refractivity contribution in [1.82, 2.24) is 0 Å². The number of allylic oxidation sites excluding steroid dienone is 1. The van der Waals surface area contributed by atoms with E-state index in [-0.39, 0.29) is 19.3 Å². The highest BCUT2D eigenvalue weighted by molar-refractivity contribution is 5.12. The Morgan fingerprint density at radius 3 is 0.808 bits per heavy atom. The minimum atomic E-state index is -7.80. The molecule has 52 heavy (non-hydrogen) atoms. The van der Waals surface area contributed by atoms with Gasteiger partial charge >= 0.3 is 71.6 Å². The second-order valence-electron chi connectivity index (χ2n) is 11.9. The van der Waals surface area contributed by atoms with Crippen molar-refractivity contribution < 1.29 is 105 Å². The van der Waals surface area contributed by atoms with E-state index in [1.807, 2.05) is 0 Å². The fourth-order valence-corrected chi connectivity index (χ4v) is 4.49. The lowest BCUT2D eigenvalue weighted by atomic mass is 9.88. The maximum absolute atomic E-state index is 14.1. The third-order valence-corrected chi connectivity index (χ3v) is 7.92. The summed E-state index contributed by atoms with van der Waals surface area (Å²) in [4.78, 5) is 0. The molecule has 0 N–H and O–H groups in total. The van der Waals surface area contributed by atoms with E-state index >= 15 is 0 Å². The molecule has 0 aromatic heterocycles. The molecular formula is C28H32F24. The third kappa shape index (κ3) is 9.29. The Hall–Kier alpha value is -1.94. The zero-order valence-electron chi connectivity index (χ0n) is 26.3. The third-order valence-electron chi connectivity index (χ3n) is 7.92. The largest absolute Gasteiger partial charge is 0.384 e. The summed E-state index contributed by atoms with van der Waals surface area (Å²) in [6.45, 7) is 3.31. The number of alkyl halides is 24. The number of unbranched alkanes of at least 4 members (excludes halogenated alkanes) is 9. The Bertz CT molecular complexity index is 1110. The van der Waals surface area contributed by atoms with E-state index in [1.54, 1.807) is 0 Å². The topological polar surface area (TPSA) is 0 Å². The van der Waals surface area contributed by atoms with E-state index in [0.717, 1.165) is 0 Å². The molecule has 0 amide bonds. The summed E-state index contributed by atoms with van der Waals surface area (Å²) in [6, 6.07) is 0. The molecule has 0 saturated carbocycles. The van der Waals surface area contributed by atoms with Gasteiger partial charge in [-0.25, -0.2) is 8.78 Å². The molecule has 0 aliphatic carbocycles. The van der Waals surface area contributed by atoms with Crippen molar-refractivity contribution in [2.75, 3.05) is 0 Å². The highest BCUT2D eigenvalue weighted by Crippen LogP contribution is 2.62. The molecule has 0 spiro atoms. The van der Waals surface area contributed by atoms with Gasteiger partial charge in [-0.3, -0.25) is 0 Å². The van der Waals surface area contributed by atoms with Crippen molar-refractivity contribution in [2.45, 2.75) is 161 Å². The average Bonchev–Trinajstić information content (AvgIpc) is 2.99. The first-order valence-corrected chi connectivity index (χ1v) is 15.0. The summed E-state index contributed by atoms with van der Waals surface area (Å²) >= 11 is 0. The van der Waals surface area contributed by atoms with Gasteiger partial charge in [0.15, 0.2) is 0 Å². The van der Waals surface area contributed by atoms with Crippen LogP contribution in [0.2, 0.25) is 0 Å². The van der Waals surface area contributed by atoms with Crippen LogP contribution in [0, 0.1) is 0 Å². The van der Waals surface area contributed by atoms with E-state index in [0.29, 0.717) is 6.42 Å². The van der Waals surface area contributed by atoms with Crippen LogP contribution < -0.4 is 0 Å². The molecule has 0 radical (unpaired) electrons. The maximum Gasteiger partial charge on any atom is 0.384 e. The first-order chi connectivity index (χ1) is 23.0. The van der Waals surface area contributed by atoms with Crippen LogP contribution in [0.1, 0.15) is 89.9 Å². The van der Waals surface area contributed by atoms with Crippen LogP contribution in [-0.2, 0) is 0 Å². The Balaban J connectivity index is 5.35. The summed E-state index contributed by atoms with van der Waals surface area (Å²) in [5.74, 6) is -79.0. The molecule has 0 fully saturated rings. The summed E-state index contributed by atoms with van der Waals surface area (Å²) < 4.78 is 327. The van der Waals surface area contributed by atoms with E-state index in [4.69, 9.17) is 0 Å². The molecule has 24 heteroatoms. The molecule has 0 aliphatic rings. The van der Waals surface area contributed by atoms with Crippen molar-refractivity contribution in [1.29, 1.82) is 0 Å². The first kappa shape index (κ1) is 50.1. The molecule has 0 saturated heterocycles. The summed E-state index contributed by atoms with van der Waals surface area (Å²) in [6.07, 6.45) is -17.9. The molecule has 0 unspecified atom stereocenters. The number of hydrogen-bond acceptors (Lipinski definition) is 0. The van der Waals surface area contributed by atoms with Crippen molar-refractivity contribution in [2.24, 2.45) is 0 Å². The van der Waals surface area contributed by atoms with Gasteiger partial charge in [0.2, 0.25) is 0 Å². The molecular weight excluding hydrogens is 792 g/mol. The van der Waals surface area contributed by atoms with Gasteiger partial charge in [-0.2, -0.15) is 96.6 Å². The van der Waals surface area contributed by atoms with Gasteiger partial charge in [-0.1, -0.05) is 44.6 Å². The van der Waals surface area contributed by atoms with Gasteiger partial charge < -0.3 is 0 Å². The van der Waals surface area contributed by atoms with Crippen molar-refractivity contribution in [3.05, 3.63) is 12.7 Å². The van der Waals surface area contributed by atoms with E-state index in [2.05, 4.69) is 6.58 Å². The first-order valence-electron chi connectivity index (χ1n) is 15.0. The number of hydrogen-bond donors (Lipinski definition) is 0. The van der Waals surface area contributed by atoms with Crippen LogP contribution in [0.15, 0.2) is 12.7 Å². The molecule has 0 aromatic carbocycles. The molecule has 0 atom stereocenters. The van der Waals surface area contributed by atoms with Gasteiger partial charge in [0.05, 0.1) is 0 Å². The normalized spacial score (nSPS) is 15.5. The van der Waals surface area contributed by atoms with Crippen molar-refractivity contribution >= 4 is 0 Å². The molecule has 0 bridgehead atoms. The highest BCUT2D eigenvalue weighted by atomic mass is 19.4. The number of halogens is 24. The van der Waals surface area contributed by atoms with Crippen LogP contribution >= 0.6 is 0 Å². The van der Waals surface area contributed by atoms with Crippen LogP contribution in [0.5, 0.6) is 0 Å². The standard InChI is InChI=1S/C28H32F24/c1-2-3-4-5-8-11-15-19(33,34)23(41,42)27(49,50)28(51,52)24(43,44)20(35,36)16-13-10-7-6-9-12-14-18(31,32)22(39,40)26(47,48)25(45,46)21(37,38)17(29)30/h2,17H,1,3-16H2. The van der Waals surface area contributed by atoms with Gasteiger partial charge in [0, 0.05) is 19.3 Å². The molecule has 312 valence electrons. The number of rotatable bonds is 26. The highest BCUT2D eigenvalue weighted by Gasteiger charge is 2.90. The minimum absolute atomic E-state index is 0.0592. The van der Waals surface area contributed by atoms with Gasteiger partial charge in [0.1, 0.15) is 0 Å². The van der Waals surface area contributed by atoms with Crippen molar-refractivity contribution in [3.8, 4) is 0 Å². The molecule has 0 aromatic rings. The monoisotopic (exact) mass is 824 g/mol. The van der Waals surface area contributed by atoms with Gasteiger partial charge in [-0.05, 0) is 32.1 Å². The van der Waals surface area contributed by atoms with Crippen LogP contribution in [0.25, 0.3) is 0 Å². The Kier molecular flexibility index (Phi) is 16.2. The summed E-state index contributed by atoms with van der Waals surface area (Å²) in [5, 5.41) is 0. The lowest BCUT2D eigenvalue weighted by Gasteiger charge is -2.41. The van der Waals surface area contributed by atoms with Gasteiger partial charge in [-0.15, -0.1) is 6.58 Å². The predicted octanol–water partition coefficient (Wildman–Crippen LogP) is 13.9. The van der Waals surface area contributed by atoms with Crippen LogP contribution in [0.3, 0.4) is 0 Å². The Labute approximate surface area is 280 Å². The lowest BCUT2D eigenvalue weighted by molar-refractivity contribution is -0.425. The fourth-order valence-electron chi connectivity index (χ4n) is 4.49. The van der Waals surface area contributed by atoms with Gasteiger partial charge in [0.25, 0.3) is 0 Å². The molecule has 0 nitrogen and oxygen atoms in total. The lowest BCUT2D eigenvalue weighted by Crippen LogP contribution is -2.70. The second kappa shape index (κ2) is 16.8. The van der Waals surface area contributed by atoms with Crippen LogP contribution in [0.4, 0.5) is 105 Å². The van der Waals surface area contributed by atoms with E-state index in [1.165, 1.54) is 6.08 Å². The minimum Gasteiger partial charge on any atom is -0.203 e. The van der Waals surface area contributed by atoms with Crippen LogP contribution in [-0.4, -0.2) is 71.6 Å². The smallest absolute Gasteiger partial charge is 0.203 e. The van der Waals surface area contributed by atoms with Crippen molar-refractivity contribution in [3.63, 3.8) is 0 Å². The van der Waals surface area contributed by atoms with E-state index in [9.17, 15) is 105 Å². The second-order valence-corrected chi connectivity index (χ2v) is 11.9. The molecule has 0 rings (SSSR count). The quantitative estimate of drug-likeness (QED) is 0.0463. The SMILES string of the molecule is C=CCCCCCCC(F)(F)C(F)(F)C(F)(F)C(F)(F)C(F)(F)C(F)(F)CCCCCCCCC(F)(F)C(F)(F)C(F)(F)C(F)(F)C(F)(F)C(F)F. The average molecular weight is 825 g/mol. The molecule has 0 aliphatic heterocycles. The molecule has 0 heterocycles. The zero-order chi connectivity index (χ0) is 41.7. The predicted molar refractivity (Wildman–Crippen MR) is 135 cm³/mol. The Morgan fingerprint density at radius 2 is 0.558 bits per heavy atom. The zero-order valence-corrected chi connectivity index (χ0v) is 26.3.